The van der Waals surface area contributed by atoms with Crippen LogP contribution in [0.4, 0.5) is 0 Å². The summed E-state index contributed by atoms with van der Waals surface area (Å²) in [7, 11) is 1.46. The molecule has 0 aliphatic carbocycles. The molecule has 0 aromatic heterocycles. The Hall–Kier alpha value is -2.16. The van der Waals surface area contributed by atoms with Crippen molar-refractivity contribution in [3.05, 3.63) is 58.6 Å². The summed E-state index contributed by atoms with van der Waals surface area (Å²) in [6.45, 7) is 0. The van der Waals surface area contributed by atoms with Gasteiger partial charge in [0.2, 0.25) is 0 Å². The number of thioether (sulfide) groups is 1. The number of nitrogens with zero attached hydrogens (tertiary/aromatic N) is 1. The minimum atomic E-state index is -0.375. The number of halogens is 1. The molecule has 0 bridgehead atoms. The summed E-state index contributed by atoms with van der Waals surface area (Å²) in [5, 5.41) is 9.52. The van der Waals surface area contributed by atoms with Gasteiger partial charge in [-0.15, -0.1) is 11.8 Å². The van der Waals surface area contributed by atoms with Crippen molar-refractivity contribution in [1.82, 2.24) is 0 Å². The lowest BCUT2D eigenvalue weighted by atomic mass is 10.2. The van der Waals surface area contributed by atoms with E-state index in [0.29, 0.717) is 27.8 Å². The molecule has 23 heavy (non-hydrogen) atoms. The lowest BCUT2D eigenvalue weighted by Crippen LogP contribution is -2.11. The van der Waals surface area contributed by atoms with Gasteiger partial charge in [-0.3, -0.25) is 4.79 Å². The molecule has 0 amide bonds. The molecule has 118 valence electrons. The molecule has 0 atom stereocenters. The molecule has 0 aliphatic rings. The second-order valence-electron chi connectivity index (χ2n) is 4.57. The van der Waals surface area contributed by atoms with Crippen molar-refractivity contribution < 1.29 is 14.3 Å². The molecule has 4 nitrogen and oxygen atoms in total. The zero-order chi connectivity index (χ0) is 16.7. The normalized spacial score (nSPS) is 9.96. The van der Waals surface area contributed by atoms with Crippen LogP contribution in [0, 0.1) is 11.3 Å². The fourth-order valence-electron chi connectivity index (χ4n) is 1.85. The van der Waals surface area contributed by atoms with Gasteiger partial charge in [0, 0.05) is 16.8 Å². The Morgan fingerprint density at radius 1 is 1.26 bits per heavy atom. The van der Waals surface area contributed by atoms with E-state index in [2.05, 4.69) is 0 Å². The first kappa shape index (κ1) is 17.2. The lowest BCUT2D eigenvalue weighted by molar-refractivity contribution is -0.131. The van der Waals surface area contributed by atoms with E-state index in [9.17, 15) is 4.79 Å². The molecule has 0 aliphatic heterocycles. The number of hydrogen-bond donors (Lipinski definition) is 0. The van der Waals surface area contributed by atoms with Crippen molar-refractivity contribution >= 4 is 29.3 Å². The molecule has 6 heteroatoms. The van der Waals surface area contributed by atoms with Crippen LogP contribution in [0.1, 0.15) is 11.1 Å². The maximum absolute atomic E-state index is 11.9. The minimum Gasteiger partial charge on any atom is -0.493 e. The summed E-state index contributed by atoms with van der Waals surface area (Å²) in [5.74, 6) is 1.16. The predicted octanol–water partition coefficient (Wildman–Crippen LogP) is 4.06. The fourth-order valence-corrected chi connectivity index (χ4v) is 2.81. The number of methoxy groups -OCH3 is 1. The van der Waals surface area contributed by atoms with Crippen molar-refractivity contribution in [3.63, 3.8) is 0 Å². The number of carbonyl (C=O) groups is 1. The third-order valence-corrected chi connectivity index (χ3v) is 4.11. The Balaban J connectivity index is 1.89. The second-order valence-corrected chi connectivity index (χ2v) is 6.00. The van der Waals surface area contributed by atoms with Gasteiger partial charge in [-0.2, -0.15) is 5.26 Å². The van der Waals surface area contributed by atoms with Crippen molar-refractivity contribution in [1.29, 1.82) is 5.26 Å². The zero-order valence-corrected chi connectivity index (χ0v) is 14.0. The van der Waals surface area contributed by atoms with Gasteiger partial charge in [-0.05, 0) is 29.8 Å². The monoisotopic (exact) mass is 347 g/mol. The molecule has 0 N–H and O–H groups in total. The maximum Gasteiger partial charge on any atom is 0.321 e. The van der Waals surface area contributed by atoms with Crippen LogP contribution in [-0.4, -0.2) is 18.8 Å². The smallest absolute Gasteiger partial charge is 0.321 e. The summed E-state index contributed by atoms with van der Waals surface area (Å²) < 4.78 is 10.4. The highest BCUT2D eigenvalue weighted by atomic mass is 35.5. The Kier molecular flexibility index (Phi) is 6.33. The minimum absolute atomic E-state index is 0.204. The molecule has 2 rings (SSSR count). The van der Waals surface area contributed by atoms with E-state index < -0.39 is 0 Å². The largest absolute Gasteiger partial charge is 0.493 e. The number of hydrogen-bond acceptors (Lipinski definition) is 5. The number of carbonyl (C=O) groups excluding carboxylic acids is 1. The van der Waals surface area contributed by atoms with Gasteiger partial charge in [0.1, 0.15) is 0 Å². The average Bonchev–Trinajstić information content (AvgIpc) is 2.55. The number of rotatable bonds is 6. The summed E-state index contributed by atoms with van der Waals surface area (Å²) >= 11 is 7.35. The molecule has 0 spiro atoms. The van der Waals surface area contributed by atoms with Gasteiger partial charge >= 0.3 is 5.97 Å². The molecule has 2 aromatic rings. The lowest BCUT2D eigenvalue weighted by Gasteiger charge is -2.09. The van der Waals surface area contributed by atoms with Crippen LogP contribution in [0.3, 0.4) is 0 Å². The van der Waals surface area contributed by atoms with Crippen molar-refractivity contribution in [2.45, 2.75) is 5.75 Å². The van der Waals surface area contributed by atoms with Crippen molar-refractivity contribution in [2.24, 2.45) is 0 Å². The third-order valence-electron chi connectivity index (χ3n) is 2.89. The molecule has 0 unspecified atom stereocenters. The summed E-state index contributed by atoms with van der Waals surface area (Å²) in [6.07, 6.45) is 0. The number of benzene rings is 2. The highest BCUT2D eigenvalue weighted by Gasteiger charge is 2.11. The molecule has 0 heterocycles. The van der Waals surface area contributed by atoms with E-state index in [1.165, 1.54) is 24.9 Å². The van der Waals surface area contributed by atoms with E-state index in [-0.39, 0.29) is 11.7 Å². The Bertz CT molecular complexity index is 743. The van der Waals surface area contributed by atoms with Crippen LogP contribution in [0.2, 0.25) is 5.02 Å². The third kappa shape index (κ3) is 5.20. The van der Waals surface area contributed by atoms with Crippen LogP contribution < -0.4 is 9.47 Å². The van der Waals surface area contributed by atoms with Crippen LogP contribution in [-0.2, 0) is 10.5 Å². The van der Waals surface area contributed by atoms with E-state index in [0.717, 1.165) is 5.56 Å². The van der Waals surface area contributed by atoms with Crippen molar-refractivity contribution in [3.8, 4) is 17.6 Å². The highest BCUT2D eigenvalue weighted by molar-refractivity contribution is 7.99. The standard InChI is InChI=1S/C17H14ClNO3S/c1-21-16-8-12(9-19)5-6-15(16)22-17(20)11-23-10-13-3-2-4-14(18)7-13/h2-8H,10-11H2,1H3. The van der Waals surface area contributed by atoms with Gasteiger partial charge in [0.15, 0.2) is 11.5 Å². The quantitative estimate of drug-likeness (QED) is 0.582. The number of esters is 1. The SMILES string of the molecule is COc1cc(C#N)ccc1OC(=O)CSCc1cccc(Cl)c1. The van der Waals surface area contributed by atoms with Gasteiger partial charge < -0.3 is 9.47 Å². The van der Waals surface area contributed by atoms with E-state index in [4.69, 9.17) is 26.3 Å². The van der Waals surface area contributed by atoms with Crippen molar-refractivity contribution in [2.75, 3.05) is 12.9 Å². The summed E-state index contributed by atoms with van der Waals surface area (Å²) in [5.41, 5.74) is 1.49. The fraction of sp³-hybridized carbons (Fsp3) is 0.176. The topological polar surface area (TPSA) is 59.3 Å². The van der Waals surface area contributed by atoms with Gasteiger partial charge in [0.05, 0.1) is 24.5 Å². The summed E-state index contributed by atoms with van der Waals surface area (Å²) in [6, 6.07) is 14.2. The Morgan fingerprint density at radius 3 is 2.78 bits per heavy atom. The molecule has 0 radical (unpaired) electrons. The molecule has 0 fully saturated rings. The van der Waals surface area contributed by atoms with Crippen LogP contribution in [0.5, 0.6) is 11.5 Å². The second kappa shape index (κ2) is 8.47. The van der Waals surface area contributed by atoms with Gasteiger partial charge in [-0.25, -0.2) is 0 Å². The molecular formula is C17H14ClNO3S. The molecule has 0 saturated heterocycles. The Morgan fingerprint density at radius 2 is 2.09 bits per heavy atom. The first-order valence-electron chi connectivity index (χ1n) is 6.73. The Labute approximate surface area is 144 Å². The predicted molar refractivity (Wildman–Crippen MR) is 91.0 cm³/mol. The van der Waals surface area contributed by atoms with E-state index in [1.807, 2.05) is 24.3 Å². The molecular weight excluding hydrogens is 334 g/mol. The van der Waals surface area contributed by atoms with E-state index in [1.54, 1.807) is 18.2 Å². The van der Waals surface area contributed by atoms with Gasteiger partial charge in [-0.1, -0.05) is 23.7 Å². The van der Waals surface area contributed by atoms with Crippen LogP contribution >= 0.6 is 23.4 Å². The maximum atomic E-state index is 11.9. The zero-order valence-electron chi connectivity index (χ0n) is 12.4. The molecule has 0 saturated carbocycles. The summed E-state index contributed by atoms with van der Waals surface area (Å²) in [4.78, 5) is 11.9. The van der Waals surface area contributed by atoms with Crippen LogP contribution in [0.25, 0.3) is 0 Å². The number of nitriles is 1. The first-order valence-corrected chi connectivity index (χ1v) is 8.26. The highest BCUT2D eigenvalue weighted by Crippen LogP contribution is 2.28. The molecule has 2 aromatic carbocycles. The number of ether oxygens (including phenoxy) is 2. The van der Waals surface area contributed by atoms with Gasteiger partial charge in [0.25, 0.3) is 0 Å². The first-order chi connectivity index (χ1) is 11.1. The van der Waals surface area contributed by atoms with Crippen LogP contribution in [0.15, 0.2) is 42.5 Å². The van der Waals surface area contributed by atoms with E-state index >= 15 is 0 Å². The average molecular weight is 348 g/mol.